The van der Waals surface area contributed by atoms with Crippen molar-refractivity contribution in [3.63, 3.8) is 0 Å². The van der Waals surface area contributed by atoms with Gasteiger partial charge in [-0.1, -0.05) is 48.7 Å². The molecule has 9 heteroatoms. The minimum Gasteiger partial charge on any atom is -0.309 e. The van der Waals surface area contributed by atoms with Gasteiger partial charge >= 0.3 is 0 Å². The summed E-state index contributed by atoms with van der Waals surface area (Å²) in [6, 6.07) is 5.07. The fourth-order valence-electron chi connectivity index (χ4n) is 2.87. The molecular formula is C18H17Cl3N4O2. The molecule has 6 nitrogen and oxygen atoms in total. The Labute approximate surface area is 172 Å². The maximum Gasteiger partial charge on any atom is 0.239 e. The minimum atomic E-state index is -1.19. The molecule has 2 aromatic rings. The number of benzene rings is 1. The van der Waals surface area contributed by atoms with E-state index in [9.17, 15) is 14.9 Å². The molecule has 0 aliphatic heterocycles. The van der Waals surface area contributed by atoms with E-state index in [1.54, 1.807) is 19.9 Å². The van der Waals surface area contributed by atoms with Crippen LogP contribution in [0, 0.1) is 16.7 Å². The number of carbonyl (C=O) groups excluding carboxylic acids is 2. The summed E-state index contributed by atoms with van der Waals surface area (Å²) in [6.07, 6.45) is 1.95. The molecule has 0 aliphatic rings. The fourth-order valence-corrected chi connectivity index (χ4v) is 3.48. The van der Waals surface area contributed by atoms with E-state index in [1.165, 1.54) is 23.9 Å². The van der Waals surface area contributed by atoms with E-state index in [1.807, 2.05) is 6.07 Å². The maximum absolute atomic E-state index is 12.9. The van der Waals surface area contributed by atoms with Crippen LogP contribution in [0.25, 0.3) is 5.69 Å². The quantitative estimate of drug-likeness (QED) is 0.517. The second-order valence-corrected chi connectivity index (χ2v) is 7.09. The lowest BCUT2D eigenvalue weighted by Gasteiger charge is -2.27. The van der Waals surface area contributed by atoms with Crippen molar-refractivity contribution in [2.75, 3.05) is 5.32 Å². The average Bonchev–Trinajstić information content (AvgIpc) is 3.03. The molecule has 0 spiro atoms. The standard InChI is InChI=1S/C18H17Cl3N4O2/c1-4-18(5-2,10(3)26)17(27)24-16-11(8-22)9-23-25(16)13-7-6-12(19)14(20)15(13)21/h6-7,9H,4-5H2,1-3H3,(H,24,27). The molecule has 0 aliphatic carbocycles. The van der Waals surface area contributed by atoms with E-state index in [4.69, 9.17) is 34.8 Å². The maximum atomic E-state index is 12.9. The molecule has 1 N–H and O–H groups in total. The van der Waals surface area contributed by atoms with E-state index in [0.29, 0.717) is 18.5 Å². The van der Waals surface area contributed by atoms with E-state index in [-0.39, 0.29) is 32.2 Å². The van der Waals surface area contributed by atoms with Gasteiger partial charge in [-0.15, -0.1) is 0 Å². The SMILES string of the molecule is CCC(CC)(C(C)=O)C(=O)Nc1c(C#N)cnn1-c1ccc(Cl)c(Cl)c1Cl. The first-order valence-electron chi connectivity index (χ1n) is 8.17. The average molecular weight is 428 g/mol. The molecule has 1 aromatic carbocycles. The van der Waals surface area contributed by atoms with Crippen LogP contribution in [0.3, 0.4) is 0 Å². The molecule has 1 amide bonds. The molecule has 0 bridgehead atoms. The number of nitriles is 1. The topological polar surface area (TPSA) is 87.8 Å². The van der Waals surface area contributed by atoms with Crippen LogP contribution >= 0.6 is 34.8 Å². The van der Waals surface area contributed by atoms with Gasteiger partial charge in [-0.05, 0) is 31.9 Å². The first-order chi connectivity index (χ1) is 12.7. The molecule has 0 atom stereocenters. The van der Waals surface area contributed by atoms with Gasteiger partial charge in [0, 0.05) is 0 Å². The number of halogens is 3. The van der Waals surface area contributed by atoms with Crippen molar-refractivity contribution in [1.29, 1.82) is 5.26 Å². The number of carbonyl (C=O) groups is 2. The van der Waals surface area contributed by atoms with Crippen LogP contribution in [0.1, 0.15) is 39.2 Å². The van der Waals surface area contributed by atoms with Gasteiger partial charge in [0.25, 0.3) is 0 Å². The largest absolute Gasteiger partial charge is 0.309 e. The zero-order chi connectivity index (χ0) is 20.4. The van der Waals surface area contributed by atoms with Crippen LogP contribution in [0.5, 0.6) is 0 Å². The van der Waals surface area contributed by atoms with Crippen LogP contribution in [-0.2, 0) is 9.59 Å². The zero-order valence-electron chi connectivity index (χ0n) is 14.9. The molecule has 1 aromatic heterocycles. The molecule has 0 unspecified atom stereocenters. The second kappa shape index (κ2) is 8.30. The number of aromatic nitrogens is 2. The third-order valence-corrected chi connectivity index (χ3v) is 5.96. The van der Waals surface area contributed by atoms with Crippen molar-refractivity contribution < 1.29 is 9.59 Å². The van der Waals surface area contributed by atoms with Crippen LogP contribution in [-0.4, -0.2) is 21.5 Å². The number of Topliss-reactive ketones (excluding diaryl/α,β-unsaturated/α-hetero) is 1. The van der Waals surface area contributed by atoms with E-state index < -0.39 is 11.3 Å². The molecule has 142 valence electrons. The van der Waals surface area contributed by atoms with Crippen molar-refractivity contribution in [3.05, 3.63) is 39.0 Å². The normalized spacial score (nSPS) is 11.1. The Bertz CT molecular complexity index is 943. The summed E-state index contributed by atoms with van der Waals surface area (Å²) in [4.78, 5) is 25.1. The Morgan fingerprint density at radius 2 is 1.85 bits per heavy atom. The van der Waals surface area contributed by atoms with Crippen molar-refractivity contribution in [2.45, 2.75) is 33.6 Å². The number of nitrogens with one attached hydrogen (secondary N) is 1. The van der Waals surface area contributed by atoms with E-state index in [0.717, 1.165) is 0 Å². The van der Waals surface area contributed by atoms with Gasteiger partial charge in [-0.2, -0.15) is 10.4 Å². The smallest absolute Gasteiger partial charge is 0.239 e. The highest BCUT2D eigenvalue weighted by Gasteiger charge is 2.40. The summed E-state index contributed by atoms with van der Waals surface area (Å²) in [5.41, 5.74) is -0.733. The Morgan fingerprint density at radius 3 is 2.37 bits per heavy atom. The lowest BCUT2D eigenvalue weighted by Crippen LogP contribution is -2.41. The summed E-state index contributed by atoms with van der Waals surface area (Å²) < 4.78 is 1.29. The van der Waals surface area contributed by atoms with Gasteiger partial charge in [-0.3, -0.25) is 9.59 Å². The number of nitrogens with zero attached hydrogens (tertiary/aromatic N) is 3. The number of hydrogen-bond acceptors (Lipinski definition) is 4. The number of rotatable bonds is 6. The third kappa shape index (κ3) is 3.68. The van der Waals surface area contributed by atoms with Gasteiger partial charge in [-0.25, -0.2) is 4.68 Å². The summed E-state index contributed by atoms with van der Waals surface area (Å²) in [7, 11) is 0. The molecule has 0 fully saturated rings. The third-order valence-electron chi connectivity index (χ3n) is 4.68. The summed E-state index contributed by atoms with van der Waals surface area (Å²) in [5, 5.41) is 16.7. The molecule has 0 saturated heterocycles. The van der Waals surface area contributed by atoms with E-state index >= 15 is 0 Å². The molecule has 0 radical (unpaired) electrons. The van der Waals surface area contributed by atoms with Gasteiger partial charge in [0.05, 0.1) is 27.0 Å². The lowest BCUT2D eigenvalue weighted by molar-refractivity contribution is -0.138. The fraction of sp³-hybridized carbons (Fsp3) is 0.333. The Balaban J connectivity index is 2.58. The first-order valence-corrected chi connectivity index (χ1v) is 9.31. The predicted molar refractivity (Wildman–Crippen MR) is 106 cm³/mol. The number of ketones is 1. The summed E-state index contributed by atoms with van der Waals surface area (Å²) in [5.74, 6) is -0.646. The van der Waals surface area contributed by atoms with Gasteiger partial charge in [0.15, 0.2) is 5.82 Å². The van der Waals surface area contributed by atoms with Gasteiger partial charge in [0.2, 0.25) is 5.91 Å². The number of amides is 1. The Morgan fingerprint density at radius 1 is 1.22 bits per heavy atom. The monoisotopic (exact) mass is 426 g/mol. The Hall–Kier alpha value is -2.07. The highest BCUT2D eigenvalue weighted by atomic mass is 35.5. The molecule has 27 heavy (non-hydrogen) atoms. The highest BCUT2D eigenvalue weighted by Crippen LogP contribution is 2.37. The molecule has 2 rings (SSSR count). The van der Waals surface area contributed by atoms with Crippen molar-refractivity contribution in [3.8, 4) is 11.8 Å². The summed E-state index contributed by atoms with van der Waals surface area (Å²) in [6.45, 7) is 4.91. The van der Waals surface area contributed by atoms with Crippen LogP contribution in [0.2, 0.25) is 15.1 Å². The molecular weight excluding hydrogens is 411 g/mol. The molecule has 0 saturated carbocycles. The zero-order valence-corrected chi connectivity index (χ0v) is 17.2. The highest BCUT2D eigenvalue weighted by molar-refractivity contribution is 6.48. The summed E-state index contributed by atoms with van der Waals surface area (Å²) >= 11 is 18.3. The van der Waals surface area contributed by atoms with Crippen LogP contribution in [0.15, 0.2) is 18.3 Å². The second-order valence-electron chi connectivity index (χ2n) is 5.92. The Kier molecular flexibility index (Phi) is 6.53. The van der Waals surface area contributed by atoms with Gasteiger partial charge in [0.1, 0.15) is 22.8 Å². The predicted octanol–water partition coefficient (Wildman–Crippen LogP) is 5.04. The van der Waals surface area contributed by atoms with Crippen LogP contribution < -0.4 is 5.32 Å². The van der Waals surface area contributed by atoms with Gasteiger partial charge < -0.3 is 5.32 Å². The minimum absolute atomic E-state index is 0.107. The lowest BCUT2D eigenvalue weighted by atomic mass is 9.78. The molecule has 1 heterocycles. The van der Waals surface area contributed by atoms with Crippen LogP contribution in [0.4, 0.5) is 5.82 Å². The number of hydrogen-bond donors (Lipinski definition) is 1. The van der Waals surface area contributed by atoms with E-state index in [2.05, 4.69) is 10.4 Å². The number of anilines is 1. The van der Waals surface area contributed by atoms with Crippen molar-refractivity contribution >= 4 is 52.3 Å². The first kappa shape index (κ1) is 21.2. The van der Waals surface area contributed by atoms with Crippen molar-refractivity contribution in [2.24, 2.45) is 5.41 Å². The van der Waals surface area contributed by atoms with Crippen molar-refractivity contribution in [1.82, 2.24) is 9.78 Å².